The Morgan fingerprint density at radius 1 is 1.19 bits per heavy atom. The predicted molar refractivity (Wildman–Crippen MR) is 156 cm³/mol. The van der Waals surface area contributed by atoms with E-state index < -0.39 is 23.3 Å². The van der Waals surface area contributed by atoms with Crippen LogP contribution in [0.4, 0.5) is 19.0 Å². The van der Waals surface area contributed by atoms with Gasteiger partial charge in [0.15, 0.2) is 5.82 Å². The maximum atomic E-state index is 16.6. The van der Waals surface area contributed by atoms with Gasteiger partial charge in [0.05, 0.1) is 16.5 Å². The molecule has 0 bridgehead atoms. The van der Waals surface area contributed by atoms with Crippen LogP contribution in [0.15, 0.2) is 30.5 Å². The van der Waals surface area contributed by atoms with Gasteiger partial charge in [-0.2, -0.15) is 9.97 Å². The Morgan fingerprint density at radius 2 is 2.05 bits per heavy atom. The Bertz CT molecular complexity index is 1880. The lowest BCUT2D eigenvalue weighted by Crippen LogP contribution is -2.43. The Balaban J connectivity index is 1.27. The van der Waals surface area contributed by atoms with Crippen LogP contribution in [0.5, 0.6) is 11.8 Å². The number of rotatable bonds is 5. The first-order valence-corrected chi connectivity index (χ1v) is 14.5. The first kappa shape index (κ1) is 26.5. The van der Waals surface area contributed by atoms with Crippen molar-refractivity contribution in [3.8, 4) is 35.4 Å². The summed E-state index contributed by atoms with van der Waals surface area (Å²) in [5, 5.41) is 11.5. The molecule has 1 saturated carbocycles. The summed E-state index contributed by atoms with van der Waals surface area (Å²) < 4.78 is 51.9. The second-order valence-corrected chi connectivity index (χ2v) is 12.5. The van der Waals surface area contributed by atoms with Crippen LogP contribution in [0.3, 0.4) is 0 Å². The molecule has 1 unspecified atom stereocenters. The van der Waals surface area contributed by atoms with Gasteiger partial charge >= 0.3 is 6.01 Å². The van der Waals surface area contributed by atoms with Crippen LogP contribution in [-0.4, -0.2) is 75.0 Å². The highest BCUT2D eigenvalue weighted by atomic mass is 19.1. The molecule has 3 saturated heterocycles. The number of alkyl halides is 1. The van der Waals surface area contributed by atoms with Gasteiger partial charge in [-0.3, -0.25) is 9.88 Å². The molecule has 11 heteroatoms. The normalized spacial score (nSPS) is 27.9. The van der Waals surface area contributed by atoms with Crippen molar-refractivity contribution in [3.05, 3.63) is 47.7 Å². The number of pyridine rings is 1. The predicted octanol–water partition coefficient (Wildman–Crippen LogP) is 4.30. The number of piperidine rings is 1. The van der Waals surface area contributed by atoms with E-state index in [1.54, 1.807) is 0 Å². The summed E-state index contributed by atoms with van der Waals surface area (Å²) in [6.45, 7) is 2.58. The standard InChI is InChI=1S/C32H29F3N6O2/c1-2-21-24(34)5-4-17-8-20(42)9-22(25(17)21)27-26(35)28-23(12-37-27)29(40-13-18-10-32(18,36)15-40)39-30(38-28)43-16-31-6-3-7-41(31)14-19(33)11-31/h1,4-5,8-9,12,18-19,42H,3,6-7,10-11,13-16,36H2/t18?,19-,31+,32-/m1/s1. The van der Waals surface area contributed by atoms with Crippen molar-refractivity contribution in [1.82, 2.24) is 19.9 Å². The van der Waals surface area contributed by atoms with Gasteiger partial charge in [0, 0.05) is 48.7 Å². The molecule has 1 aliphatic carbocycles. The van der Waals surface area contributed by atoms with Crippen LogP contribution in [0.1, 0.15) is 31.2 Å². The fourth-order valence-electron chi connectivity index (χ4n) is 7.60. The highest BCUT2D eigenvalue weighted by molar-refractivity contribution is 6.03. The number of terminal acetylenes is 1. The summed E-state index contributed by atoms with van der Waals surface area (Å²) in [7, 11) is 0. The lowest BCUT2D eigenvalue weighted by molar-refractivity contribution is 0.107. The maximum absolute atomic E-state index is 16.6. The molecule has 5 heterocycles. The van der Waals surface area contributed by atoms with Crippen molar-refractivity contribution in [1.29, 1.82) is 0 Å². The van der Waals surface area contributed by atoms with Crippen LogP contribution in [0, 0.1) is 29.9 Å². The SMILES string of the molecule is C#Cc1c(F)ccc2cc(O)cc(-c3ncc4c(N5CC6C[C@@]6(N)C5)nc(OC[C@@]56CCCN5C[C@H](F)C6)nc4c3F)c12. The summed E-state index contributed by atoms with van der Waals surface area (Å²) in [4.78, 5) is 17.8. The highest BCUT2D eigenvalue weighted by Crippen LogP contribution is 2.49. The first-order chi connectivity index (χ1) is 20.7. The third-order valence-electron chi connectivity index (χ3n) is 9.83. The third-order valence-corrected chi connectivity index (χ3v) is 9.83. The van der Waals surface area contributed by atoms with Gasteiger partial charge in [0.25, 0.3) is 0 Å². The molecule has 4 aliphatic rings. The van der Waals surface area contributed by atoms with E-state index in [-0.39, 0.29) is 51.6 Å². The number of hydrogen-bond donors (Lipinski definition) is 2. The average molecular weight is 587 g/mol. The van der Waals surface area contributed by atoms with Crippen LogP contribution in [0.25, 0.3) is 32.9 Å². The van der Waals surface area contributed by atoms with Crippen molar-refractivity contribution in [2.45, 2.75) is 42.9 Å². The fraction of sp³-hybridized carbons (Fsp3) is 0.406. The number of hydrogen-bond acceptors (Lipinski definition) is 8. The van der Waals surface area contributed by atoms with Gasteiger partial charge in [-0.25, -0.2) is 13.2 Å². The number of nitrogens with zero attached hydrogens (tertiary/aromatic N) is 5. The minimum atomic E-state index is -0.921. The number of ether oxygens (including phenoxy) is 1. The molecule has 3 aliphatic heterocycles. The summed E-state index contributed by atoms with van der Waals surface area (Å²) in [5.41, 5.74) is 5.63. The molecule has 4 atom stereocenters. The molecule has 220 valence electrons. The van der Waals surface area contributed by atoms with Gasteiger partial charge < -0.3 is 20.5 Å². The second kappa shape index (κ2) is 9.18. The van der Waals surface area contributed by atoms with E-state index in [1.807, 2.05) is 4.90 Å². The van der Waals surface area contributed by atoms with Gasteiger partial charge in [-0.1, -0.05) is 12.0 Å². The molecule has 8 nitrogen and oxygen atoms in total. The van der Waals surface area contributed by atoms with Crippen molar-refractivity contribution < 1.29 is 23.0 Å². The number of phenols is 1. The monoisotopic (exact) mass is 586 g/mol. The topological polar surface area (TPSA) is 101 Å². The molecule has 4 fully saturated rings. The molecular formula is C32H29F3N6O2. The number of phenolic OH excluding ortho intramolecular Hbond substituents is 1. The number of fused-ring (bicyclic) bond motifs is 4. The van der Waals surface area contributed by atoms with Gasteiger partial charge in [-0.05, 0) is 55.3 Å². The molecule has 2 aromatic carbocycles. The van der Waals surface area contributed by atoms with E-state index in [2.05, 4.69) is 20.8 Å². The molecular weight excluding hydrogens is 557 g/mol. The summed E-state index contributed by atoms with van der Waals surface area (Å²) in [6.07, 6.45) is 9.26. The Labute approximate surface area is 245 Å². The van der Waals surface area contributed by atoms with E-state index in [0.29, 0.717) is 48.6 Å². The molecule has 4 aromatic rings. The molecule has 0 radical (unpaired) electrons. The van der Waals surface area contributed by atoms with E-state index in [9.17, 15) is 13.9 Å². The van der Waals surface area contributed by atoms with Crippen molar-refractivity contribution >= 4 is 27.5 Å². The van der Waals surface area contributed by atoms with Crippen molar-refractivity contribution in [2.24, 2.45) is 11.7 Å². The summed E-state index contributed by atoms with van der Waals surface area (Å²) in [5.74, 6) is 1.55. The van der Waals surface area contributed by atoms with E-state index >= 15 is 4.39 Å². The minimum absolute atomic E-state index is 0.0233. The highest BCUT2D eigenvalue weighted by Gasteiger charge is 2.58. The van der Waals surface area contributed by atoms with Crippen LogP contribution >= 0.6 is 0 Å². The lowest BCUT2D eigenvalue weighted by Gasteiger charge is -2.31. The maximum Gasteiger partial charge on any atom is 0.319 e. The second-order valence-electron chi connectivity index (χ2n) is 12.5. The van der Waals surface area contributed by atoms with Gasteiger partial charge in [0.1, 0.15) is 41.4 Å². The van der Waals surface area contributed by atoms with Gasteiger partial charge in [0.2, 0.25) is 0 Å². The number of benzene rings is 2. The summed E-state index contributed by atoms with van der Waals surface area (Å²) in [6, 6.07) is 5.40. The molecule has 0 amide bonds. The van der Waals surface area contributed by atoms with E-state index in [0.717, 1.165) is 25.8 Å². The minimum Gasteiger partial charge on any atom is -0.508 e. The number of nitrogens with two attached hydrogens (primary N) is 1. The van der Waals surface area contributed by atoms with Crippen LogP contribution in [0.2, 0.25) is 0 Å². The largest absolute Gasteiger partial charge is 0.508 e. The van der Waals surface area contributed by atoms with Gasteiger partial charge in [-0.15, -0.1) is 6.42 Å². The zero-order valence-corrected chi connectivity index (χ0v) is 23.3. The number of anilines is 1. The third kappa shape index (κ3) is 4.03. The van der Waals surface area contributed by atoms with Crippen molar-refractivity contribution in [2.75, 3.05) is 37.7 Å². The number of aromatic nitrogens is 3. The number of aromatic hydroxyl groups is 1. The summed E-state index contributed by atoms with van der Waals surface area (Å²) >= 11 is 0. The smallest absolute Gasteiger partial charge is 0.319 e. The fourth-order valence-corrected chi connectivity index (χ4v) is 7.60. The number of halogens is 3. The molecule has 0 spiro atoms. The average Bonchev–Trinajstić information content (AvgIpc) is 3.23. The zero-order valence-electron chi connectivity index (χ0n) is 23.3. The molecule has 3 N–H and O–H groups in total. The van der Waals surface area contributed by atoms with Crippen molar-refractivity contribution in [3.63, 3.8) is 0 Å². The zero-order chi connectivity index (χ0) is 29.7. The van der Waals surface area contributed by atoms with E-state index in [4.69, 9.17) is 21.9 Å². The molecule has 8 rings (SSSR count). The van der Waals surface area contributed by atoms with E-state index in [1.165, 1.54) is 30.5 Å². The molecule has 43 heavy (non-hydrogen) atoms. The quantitative estimate of drug-likeness (QED) is 0.334. The Morgan fingerprint density at radius 3 is 2.84 bits per heavy atom. The first-order valence-electron chi connectivity index (χ1n) is 14.5. The molecule has 2 aromatic heterocycles. The Hall–Kier alpha value is -4.14. The Kier molecular flexibility index (Phi) is 5.65. The van der Waals surface area contributed by atoms with Crippen LogP contribution < -0.4 is 15.4 Å². The lowest BCUT2D eigenvalue weighted by atomic mass is 9.95. The van der Waals surface area contributed by atoms with Crippen LogP contribution in [-0.2, 0) is 0 Å².